The Kier molecular flexibility index (Phi) is 4.80. The van der Waals surface area contributed by atoms with Gasteiger partial charge in [-0.25, -0.2) is 4.68 Å². The number of para-hydroxylation sites is 1. The zero-order valence-corrected chi connectivity index (χ0v) is 16.0. The molecule has 0 fully saturated rings. The van der Waals surface area contributed by atoms with Gasteiger partial charge in [-0.2, -0.15) is 5.10 Å². The highest BCUT2D eigenvalue weighted by molar-refractivity contribution is 5.94. The van der Waals surface area contributed by atoms with Gasteiger partial charge in [-0.1, -0.05) is 48.0 Å². The fraction of sp³-hybridized carbons (Fsp3) is 0.304. The summed E-state index contributed by atoms with van der Waals surface area (Å²) in [5.41, 5.74) is 7.62. The zero-order chi connectivity index (χ0) is 18.8. The molecular weight excluding hydrogens is 334 g/mol. The number of aryl methyl sites for hydroxylation is 2. The molecule has 1 aliphatic carbocycles. The van der Waals surface area contributed by atoms with Gasteiger partial charge in [0.05, 0.1) is 5.69 Å². The highest BCUT2D eigenvalue weighted by Gasteiger charge is 2.27. The van der Waals surface area contributed by atoms with Crippen LogP contribution < -0.4 is 5.32 Å². The molecule has 0 atom stereocenters. The smallest absolute Gasteiger partial charge is 0.272 e. The second-order valence-electron chi connectivity index (χ2n) is 7.32. The number of amides is 1. The lowest BCUT2D eigenvalue weighted by Gasteiger charge is -2.08. The molecule has 4 rings (SSSR count). The Hall–Kier alpha value is -2.88. The fourth-order valence-corrected chi connectivity index (χ4v) is 3.89. The van der Waals surface area contributed by atoms with Gasteiger partial charge in [0.1, 0.15) is 0 Å². The van der Waals surface area contributed by atoms with Gasteiger partial charge in [-0.3, -0.25) is 4.79 Å². The number of benzene rings is 2. The van der Waals surface area contributed by atoms with Crippen LogP contribution in [0.2, 0.25) is 0 Å². The fourth-order valence-electron chi connectivity index (χ4n) is 3.89. The lowest BCUT2D eigenvalue weighted by Crippen LogP contribution is -2.27. The van der Waals surface area contributed by atoms with Crippen LogP contribution in [0.4, 0.5) is 0 Å². The highest BCUT2D eigenvalue weighted by Crippen LogP contribution is 2.28. The monoisotopic (exact) mass is 359 g/mol. The molecule has 0 aliphatic heterocycles. The minimum atomic E-state index is -0.0619. The van der Waals surface area contributed by atoms with Gasteiger partial charge in [0.15, 0.2) is 5.69 Å². The molecular formula is C23H25N3O. The maximum Gasteiger partial charge on any atom is 0.272 e. The van der Waals surface area contributed by atoms with Gasteiger partial charge in [-0.05, 0) is 56.7 Å². The average molecular weight is 359 g/mol. The van der Waals surface area contributed by atoms with Crippen LogP contribution in [0.5, 0.6) is 0 Å². The van der Waals surface area contributed by atoms with E-state index in [0.717, 1.165) is 36.9 Å². The number of aromatic nitrogens is 2. The Labute approximate surface area is 160 Å². The number of nitrogens with zero attached hydrogens (tertiary/aromatic N) is 2. The minimum Gasteiger partial charge on any atom is -0.350 e. The first kappa shape index (κ1) is 17.5. The number of nitrogens with one attached hydrogen (secondary N) is 1. The number of carbonyl (C=O) groups is 1. The van der Waals surface area contributed by atoms with E-state index in [0.29, 0.717) is 12.2 Å². The van der Waals surface area contributed by atoms with Crippen molar-refractivity contribution in [2.45, 2.75) is 39.5 Å². The van der Waals surface area contributed by atoms with Crippen molar-refractivity contribution in [3.63, 3.8) is 0 Å². The van der Waals surface area contributed by atoms with Crippen LogP contribution >= 0.6 is 0 Å². The molecule has 1 aliphatic rings. The Bertz CT molecular complexity index is 987. The normalized spacial score (nSPS) is 12.8. The summed E-state index contributed by atoms with van der Waals surface area (Å²) in [6, 6.07) is 16.6. The van der Waals surface area contributed by atoms with E-state index in [1.807, 2.05) is 16.8 Å². The summed E-state index contributed by atoms with van der Waals surface area (Å²) in [5, 5.41) is 7.77. The molecule has 0 saturated heterocycles. The first-order chi connectivity index (χ1) is 13.1. The number of hydrogen-bond donors (Lipinski definition) is 1. The second kappa shape index (κ2) is 7.39. The van der Waals surface area contributed by atoms with Crippen LogP contribution in [0, 0.1) is 13.8 Å². The Morgan fingerprint density at radius 3 is 2.78 bits per heavy atom. The molecule has 27 heavy (non-hydrogen) atoms. The molecule has 3 aromatic rings. The molecule has 1 heterocycles. The summed E-state index contributed by atoms with van der Waals surface area (Å²) in [4.78, 5) is 12.8. The minimum absolute atomic E-state index is 0.0619. The van der Waals surface area contributed by atoms with Gasteiger partial charge in [0.25, 0.3) is 5.91 Å². The number of hydrogen-bond acceptors (Lipinski definition) is 2. The summed E-state index contributed by atoms with van der Waals surface area (Å²) in [6.45, 7) is 4.79. The molecule has 0 saturated carbocycles. The van der Waals surface area contributed by atoms with Crippen LogP contribution in [-0.4, -0.2) is 22.2 Å². The van der Waals surface area contributed by atoms with Gasteiger partial charge < -0.3 is 5.32 Å². The van der Waals surface area contributed by atoms with Crippen molar-refractivity contribution in [3.8, 4) is 5.69 Å². The molecule has 0 spiro atoms. The molecule has 4 heteroatoms. The van der Waals surface area contributed by atoms with E-state index < -0.39 is 0 Å². The number of fused-ring (bicyclic) bond motifs is 1. The Balaban J connectivity index is 1.53. The summed E-state index contributed by atoms with van der Waals surface area (Å²) in [5.74, 6) is -0.0619. The predicted molar refractivity (Wildman–Crippen MR) is 108 cm³/mol. The van der Waals surface area contributed by atoms with Gasteiger partial charge in [0, 0.05) is 17.8 Å². The van der Waals surface area contributed by atoms with Crippen molar-refractivity contribution in [1.82, 2.24) is 15.1 Å². The van der Waals surface area contributed by atoms with Crippen molar-refractivity contribution in [2.24, 2.45) is 0 Å². The summed E-state index contributed by atoms with van der Waals surface area (Å²) in [6.07, 6.45) is 3.83. The number of rotatable bonds is 5. The van der Waals surface area contributed by atoms with Crippen LogP contribution in [0.15, 0.2) is 48.5 Å². The van der Waals surface area contributed by atoms with Crippen molar-refractivity contribution < 1.29 is 4.79 Å². The molecule has 1 aromatic heterocycles. The van der Waals surface area contributed by atoms with Gasteiger partial charge >= 0.3 is 0 Å². The highest BCUT2D eigenvalue weighted by atomic mass is 16.1. The van der Waals surface area contributed by atoms with Crippen LogP contribution in [0.3, 0.4) is 0 Å². The summed E-state index contributed by atoms with van der Waals surface area (Å²) >= 11 is 0. The quantitative estimate of drug-likeness (QED) is 0.750. The first-order valence-corrected chi connectivity index (χ1v) is 9.64. The molecule has 0 bridgehead atoms. The lowest BCUT2D eigenvalue weighted by atomic mass is 10.1. The van der Waals surface area contributed by atoms with Crippen LogP contribution in [-0.2, 0) is 19.3 Å². The second-order valence-corrected chi connectivity index (χ2v) is 7.32. The van der Waals surface area contributed by atoms with Crippen molar-refractivity contribution >= 4 is 5.91 Å². The molecule has 0 radical (unpaired) electrons. The molecule has 0 unspecified atom stereocenters. The zero-order valence-electron chi connectivity index (χ0n) is 16.0. The molecule has 1 N–H and O–H groups in total. The van der Waals surface area contributed by atoms with E-state index in [1.165, 1.54) is 22.4 Å². The topological polar surface area (TPSA) is 46.9 Å². The predicted octanol–water partition coefficient (Wildman–Crippen LogP) is 3.95. The third-order valence-corrected chi connectivity index (χ3v) is 5.27. The molecule has 1 amide bonds. The van der Waals surface area contributed by atoms with Crippen LogP contribution in [0.25, 0.3) is 5.69 Å². The van der Waals surface area contributed by atoms with Gasteiger partial charge in [0.2, 0.25) is 0 Å². The van der Waals surface area contributed by atoms with E-state index >= 15 is 0 Å². The average Bonchev–Trinajstić information content (AvgIpc) is 3.25. The van der Waals surface area contributed by atoms with Crippen molar-refractivity contribution in [2.75, 3.05) is 6.54 Å². The van der Waals surface area contributed by atoms with E-state index in [4.69, 9.17) is 5.10 Å². The molecule has 2 aromatic carbocycles. The molecule has 138 valence electrons. The van der Waals surface area contributed by atoms with Crippen molar-refractivity contribution in [1.29, 1.82) is 0 Å². The van der Waals surface area contributed by atoms with Gasteiger partial charge in [-0.15, -0.1) is 0 Å². The third-order valence-electron chi connectivity index (χ3n) is 5.27. The largest absolute Gasteiger partial charge is 0.350 e. The standard InChI is InChI=1S/C23H25N3O/c1-16-7-5-9-18(15-16)13-14-24-23(27)22-19-10-6-12-21(19)26(25-22)20-11-4-3-8-17(20)2/h3-5,7-9,11,15H,6,10,12-14H2,1-2H3,(H,24,27). The van der Waals surface area contributed by atoms with E-state index in [9.17, 15) is 4.79 Å². The summed E-state index contributed by atoms with van der Waals surface area (Å²) in [7, 11) is 0. The number of carbonyl (C=O) groups excluding carboxylic acids is 1. The molecule has 4 nitrogen and oxygen atoms in total. The lowest BCUT2D eigenvalue weighted by molar-refractivity contribution is 0.0948. The van der Waals surface area contributed by atoms with Crippen molar-refractivity contribution in [3.05, 3.63) is 82.2 Å². The first-order valence-electron chi connectivity index (χ1n) is 9.64. The van der Waals surface area contributed by atoms with E-state index in [2.05, 4.69) is 55.6 Å². The van der Waals surface area contributed by atoms with E-state index in [1.54, 1.807) is 0 Å². The third kappa shape index (κ3) is 3.52. The maximum absolute atomic E-state index is 12.8. The summed E-state index contributed by atoms with van der Waals surface area (Å²) < 4.78 is 1.98. The Morgan fingerprint density at radius 2 is 1.96 bits per heavy atom. The SMILES string of the molecule is Cc1cccc(CCNC(=O)c2nn(-c3ccccc3C)c3c2CCC3)c1. The maximum atomic E-state index is 12.8. The Morgan fingerprint density at radius 1 is 1.11 bits per heavy atom. The van der Waals surface area contributed by atoms with E-state index in [-0.39, 0.29) is 5.91 Å². The van der Waals surface area contributed by atoms with Crippen LogP contribution in [0.1, 0.15) is 44.9 Å².